The number of methoxy groups -OCH3 is 1. The highest BCUT2D eigenvalue weighted by Gasteiger charge is 2.14. The lowest BCUT2D eigenvalue weighted by Gasteiger charge is -2.20. The Morgan fingerprint density at radius 1 is 1.47 bits per heavy atom. The molecule has 0 radical (unpaired) electrons. The second-order valence-corrected chi connectivity index (χ2v) is 4.65. The Hall–Kier alpha value is -1.46. The third kappa shape index (κ3) is 4.96. The highest BCUT2D eigenvalue weighted by atomic mass is 16.6. The first kappa shape index (κ1) is 15.6. The fourth-order valence-corrected chi connectivity index (χ4v) is 1.92. The summed E-state index contributed by atoms with van der Waals surface area (Å²) in [5.74, 6) is 0. The molecule has 2 atom stereocenters. The molecule has 106 valence electrons. The first-order valence-corrected chi connectivity index (χ1v) is 6.59. The molecule has 5 heteroatoms. The molecule has 0 amide bonds. The highest BCUT2D eigenvalue weighted by molar-refractivity contribution is 5.35. The maximum absolute atomic E-state index is 10.8. The predicted molar refractivity (Wildman–Crippen MR) is 75.2 cm³/mol. The van der Waals surface area contributed by atoms with Crippen LogP contribution in [0.5, 0.6) is 0 Å². The van der Waals surface area contributed by atoms with Gasteiger partial charge in [-0.25, -0.2) is 0 Å². The van der Waals surface area contributed by atoms with Crippen LogP contribution in [-0.2, 0) is 4.74 Å². The average Bonchev–Trinajstić information content (AvgIpc) is 2.43. The van der Waals surface area contributed by atoms with E-state index in [1.54, 1.807) is 19.2 Å². The van der Waals surface area contributed by atoms with E-state index in [-0.39, 0.29) is 22.8 Å². The summed E-state index contributed by atoms with van der Waals surface area (Å²) in [6, 6.07) is 6.95. The van der Waals surface area contributed by atoms with Crippen LogP contribution in [-0.4, -0.2) is 24.7 Å². The van der Waals surface area contributed by atoms with E-state index in [4.69, 9.17) is 4.74 Å². The van der Waals surface area contributed by atoms with Crippen molar-refractivity contribution in [3.8, 4) is 0 Å². The minimum absolute atomic E-state index is 0.123. The normalized spacial score (nSPS) is 14.1. The van der Waals surface area contributed by atoms with E-state index < -0.39 is 0 Å². The lowest BCUT2D eigenvalue weighted by Crippen LogP contribution is -2.29. The maximum Gasteiger partial charge on any atom is 0.269 e. The van der Waals surface area contributed by atoms with E-state index in [2.05, 4.69) is 12.2 Å². The van der Waals surface area contributed by atoms with Crippen molar-refractivity contribution < 1.29 is 9.66 Å². The number of non-ortho nitro benzene ring substituents is 1. The van der Waals surface area contributed by atoms with Gasteiger partial charge >= 0.3 is 0 Å². The number of nitrogens with zero attached hydrogens (tertiary/aromatic N) is 1. The fourth-order valence-electron chi connectivity index (χ4n) is 1.92. The summed E-state index contributed by atoms with van der Waals surface area (Å²) in [6.45, 7) is 4.82. The molecule has 0 aliphatic rings. The molecule has 0 aliphatic heterocycles. The Bertz CT molecular complexity index is 409. The first-order chi connectivity index (χ1) is 9.08. The van der Waals surface area contributed by atoms with Crippen LogP contribution in [0.2, 0.25) is 0 Å². The SMILES string of the molecule is CCCC(NCC(C)OC)c1cccc([N+](=O)[O-])c1. The van der Waals surface area contributed by atoms with Crippen molar-refractivity contribution in [2.24, 2.45) is 0 Å². The van der Waals surface area contributed by atoms with E-state index in [1.807, 2.05) is 13.0 Å². The van der Waals surface area contributed by atoms with Crippen molar-refractivity contribution >= 4 is 5.69 Å². The topological polar surface area (TPSA) is 64.4 Å². The standard InChI is InChI=1S/C14H22N2O3/c1-4-6-14(15-10-11(2)19-3)12-7-5-8-13(9-12)16(17)18/h5,7-9,11,14-15H,4,6,10H2,1-3H3. The van der Waals surface area contributed by atoms with E-state index in [0.29, 0.717) is 0 Å². The smallest absolute Gasteiger partial charge is 0.269 e. The molecule has 5 nitrogen and oxygen atoms in total. The molecule has 1 rings (SSSR count). The summed E-state index contributed by atoms with van der Waals surface area (Å²) in [4.78, 5) is 10.5. The summed E-state index contributed by atoms with van der Waals surface area (Å²) in [5, 5.41) is 14.2. The molecule has 19 heavy (non-hydrogen) atoms. The Labute approximate surface area is 114 Å². The van der Waals surface area contributed by atoms with Gasteiger partial charge in [0.15, 0.2) is 0 Å². The average molecular weight is 266 g/mol. The fraction of sp³-hybridized carbons (Fsp3) is 0.571. The molecular weight excluding hydrogens is 244 g/mol. The van der Waals surface area contributed by atoms with Gasteiger partial charge in [-0.05, 0) is 18.9 Å². The number of nitro benzene ring substituents is 1. The third-order valence-corrected chi connectivity index (χ3v) is 3.11. The van der Waals surface area contributed by atoms with Crippen LogP contribution in [0.4, 0.5) is 5.69 Å². The van der Waals surface area contributed by atoms with Gasteiger partial charge in [-0.2, -0.15) is 0 Å². The second kappa shape index (κ2) is 7.86. The number of hydrogen-bond donors (Lipinski definition) is 1. The van der Waals surface area contributed by atoms with Crippen LogP contribution in [0.3, 0.4) is 0 Å². The number of ether oxygens (including phenoxy) is 1. The summed E-state index contributed by atoms with van der Waals surface area (Å²) in [7, 11) is 1.68. The van der Waals surface area contributed by atoms with Gasteiger partial charge in [0.1, 0.15) is 0 Å². The lowest BCUT2D eigenvalue weighted by atomic mass is 10.0. The molecule has 0 fully saturated rings. The van der Waals surface area contributed by atoms with Crippen molar-refractivity contribution in [1.29, 1.82) is 0 Å². The molecule has 0 aromatic heterocycles. The maximum atomic E-state index is 10.8. The van der Waals surface area contributed by atoms with Crippen molar-refractivity contribution in [2.45, 2.75) is 38.8 Å². The Morgan fingerprint density at radius 3 is 2.79 bits per heavy atom. The van der Waals surface area contributed by atoms with Crippen LogP contribution < -0.4 is 5.32 Å². The van der Waals surface area contributed by atoms with Crippen LogP contribution in [0, 0.1) is 10.1 Å². The molecule has 1 aromatic carbocycles. The van der Waals surface area contributed by atoms with Crippen molar-refractivity contribution in [3.05, 3.63) is 39.9 Å². The zero-order valence-corrected chi connectivity index (χ0v) is 11.8. The van der Waals surface area contributed by atoms with Gasteiger partial charge in [0.25, 0.3) is 5.69 Å². The minimum Gasteiger partial charge on any atom is -0.380 e. The number of benzene rings is 1. The number of hydrogen-bond acceptors (Lipinski definition) is 4. The van der Waals surface area contributed by atoms with Gasteiger partial charge in [-0.1, -0.05) is 25.5 Å². The number of nitrogens with one attached hydrogen (secondary N) is 1. The van der Waals surface area contributed by atoms with Gasteiger partial charge in [0, 0.05) is 31.8 Å². The van der Waals surface area contributed by atoms with Crippen LogP contribution in [0.1, 0.15) is 38.3 Å². The second-order valence-electron chi connectivity index (χ2n) is 4.65. The summed E-state index contributed by atoms with van der Waals surface area (Å²) in [6.07, 6.45) is 2.08. The summed E-state index contributed by atoms with van der Waals surface area (Å²) < 4.78 is 5.21. The molecule has 1 N–H and O–H groups in total. The monoisotopic (exact) mass is 266 g/mol. The van der Waals surface area contributed by atoms with Gasteiger partial charge in [0.2, 0.25) is 0 Å². The van der Waals surface area contributed by atoms with Crippen LogP contribution in [0.25, 0.3) is 0 Å². The molecule has 0 aliphatic carbocycles. The Kier molecular flexibility index (Phi) is 6.45. The van der Waals surface area contributed by atoms with E-state index >= 15 is 0 Å². The van der Waals surface area contributed by atoms with Crippen LogP contribution in [0.15, 0.2) is 24.3 Å². The van der Waals surface area contributed by atoms with Crippen molar-refractivity contribution in [2.75, 3.05) is 13.7 Å². The largest absolute Gasteiger partial charge is 0.380 e. The zero-order chi connectivity index (χ0) is 14.3. The molecule has 0 bridgehead atoms. The Balaban J connectivity index is 2.79. The van der Waals surface area contributed by atoms with Crippen molar-refractivity contribution in [3.63, 3.8) is 0 Å². The molecule has 0 saturated carbocycles. The molecule has 0 heterocycles. The van der Waals surface area contributed by atoms with Gasteiger partial charge < -0.3 is 10.1 Å². The minimum atomic E-state index is -0.357. The third-order valence-electron chi connectivity index (χ3n) is 3.11. The van der Waals surface area contributed by atoms with Gasteiger partial charge in [0.05, 0.1) is 11.0 Å². The van der Waals surface area contributed by atoms with E-state index in [1.165, 1.54) is 6.07 Å². The van der Waals surface area contributed by atoms with E-state index in [9.17, 15) is 10.1 Å². The van der Waals surface area contributed by atoms with Gasteiger partial charge in [-0.3, -0.25) is 10.1 Å². The summed E-state index contributed by atoms with van der Waals surface area (Å²) in [5.41, 5.74) is 1.10. The highest BCUT2D eigenvalue weighted by Crippen LogP contribution is 2.22. The molecule has 1 aromatic rings. The first-order valence-electron chi connectivity index (χ1n) is 6.59. The number of rotatable bonds is 8. The van der Waals surface area contributed by atoms with E-state index in [0.717, 1.165) is 24.9 Å². The summed E-state index contributed by atoms with van der Waals surface area (Å²) >= 11 is 0. The quantitative estimate of drug-likeness (QED) is 0.580. The molecule has 2 unspecified atom stereocenters. The number of nitro groups is 1. The van der Waals surface area contributed by atoms with Crippen molar-refractivity contribution in [1.82, 2.24) is 5.32 Å². The molecule has 0 saturated heterocycles. The lowest BCUT2D eigenvalue weighted by molar-refractivity contribution is -0.384. The predicted octanol–water partition coefficient (Wildman–Crippen LogP) is 3.06. The zero-order valence-electron chi connectivity index (χ0n) is 11.8. The Morgan fingerprint density at radius 2 is 2.21 bits per heavy atom. The van der Waals surface area contributed by atoms with Crippen LogP contribution >= 0.6 is 0 Å². The molecular formula is C14H22N2O3. The van der Waals surface area contributed by atoms with Gasteiger partial charge in [-0.15, -0.1) is 0 Å². The molecule has 0 spiro atoms.